The molecular weight excluding hydrogens is 292 g/mol. The third-order valence-electron chi connectivity index (χ3n) is 4.76. The molecule has 2 saturated heterocycles. The quantitative estimate of drug-likeness (QED) is 0.809. The van der Waals surface area contributed by atoms with E-state index in [2.05, 4.69) is 22.3 Å². The highest BCUT2D eigenvalue weighted by atomic mass is 16.5. The Morgan fingerprint density at radius 1 is 1.22 bits per heavy atom. The minimum Gasteiger partial charge on any atom is -0.377 e. The second kappa shape index (κ2) is 7.90. The molecular formula is C18H26N2O3. The molecule has 3 rings (SSSR count). The molecule has 23 heavy (non-hydrogen) atoms. The second-order valence-electron chi connectivity index (χ2n) is 6.48. The van der Waals surface area contributed by atoms with Crippen molar-refractivity contribution in [3.63, 3.8) is 0 Å². The minimum atomic E-state index is -0.117. The first-order chi connectivity index (χ1) is 11.3. The molecule has 0 saturated carbocycles. The monoisotopic (exact) mass is 318 g/mol. The third-order valence-corrected chi connectivity index (χ3v) is 4.76. The van der Waals surface area contributed by atoms with E-state index < -0.39 is 0 Å². The van der Waals surface area contributed by atoms with Crippen LogP contribution in [0, 0.1) is 0 Å². The Hall–Kier alpha value is -1.43. The fraction of sp³-hybridized carbons (Fsp3) is 0.611. The van der Waals surface area contributed by atoms with E-state index in [1.807, 2.05) is 18.2 Å². The lowest BCUT2D eigenvalue weighted by atomic mass is 9.90. The molecule has 5 nitrogen and oxygen atoms in total. The fourth-order valence-corrected chi connectivity index (χ4v) is 3.24. The largest absolute Gasteiger partial charge is 0.377 e. The molecule has 1 N–H and O–H groups in total. The average molecular weight is 318 g/mol. The first-order valence-electron chi connectivity index (χ1n) is 8.50. The Morgan fingerprint density at radius 3 is 2.70 bits per heavy atom. The number of hydrogen-bond donors (Lipinski definition) is 1. The standard InChI is InChI=1S/C18H26N2O3/c21-17-14-23-18(15-19-17)7-10-20(11-8-18)9-4-12-22-13-16-5-2-1-3-6-16/h1-3,5-6H,4,7-15H2,(H,19,21). The number of morpholine rings is 1. The number of benzene rings is 1. The summed E-state index contributed by atoms with van der Waals surface area (Å²) in [5.74, 6) is 0.00798. The molecule has 1 amide bonds. The van der Waals surface area contributed by atoms with Crippen LogP contribution in [0.5, 0.6) is 0 Å². The first-order valence-corrected chi connectivity index (χ1v) is 8.50. The van der Waals surface area contributed by atoms with Crippen molar-refractivity contribution in [3.8, 4) is 0 Å². The van der Waals surface area contributed by atoms with Crippen LogP contribution in [-0.4, -0.2) is 55.8 Å². The average Bonchev–Trinajstić information content (AvgIpc) is 2.60. The molecule has 1 spiro atoms. The van der Waals surface area contributed by atoms with E-state index in [4.69, 9.17) is 9.47 Å². The van der Waals surface area contributed by atoms with Crippen LogP contribution in [0.1, 0.15) is 24.8 Å². The third kappa shape index (κ3) is 4.77. The fourth-order valence-electron chi connectivity index (χ4n) is 3.24. The molecule has 0 unspecified atom stereocenters. The lowest BCUT2D eigenvalue weighted by Crippen LogP contribution is -2.57. The summed E-state index contributed by atoms with van der Waals surface area (Å²) in [6.45, 7) is 5.51. The molecule has 2 aliphatic rings. The van der Waals surface area contributed by atoms with Crippen LogP contribution >= 0.6 is 0 Å². The number of carbonyl (C=O) groups excluding carboxylic acids is 1. The summed E-state index contributed by atoms with van der Waals surface area (Å²) in [5.41, 5.74) is 1.11. The van der Waals surface area contributed by atoms with E-state index >= 15 is 0 Å². The maximum absolute atomic E-state index is 11.2. The van der Waals surface area contributed by atoms with Crippen molar-refractivity contribution < 1.29 is 14.3 Å². The maximum atomic E-state index is 11.2. The zero-order chi connectivity index (χ0) is 16.0. The van der Waals surface area contributed by atoms with Gasteiger partial charge in [0, 0.05) is 32.8 Å². The number of nitrogens with one attached hydrogen (secondary N) is 1. The number of hydrogen-bond acceptors (Lipinski definition) is 4. The van der Waals surface area contributed by atoms with Crippen LogP contribution in [0.15, 0.2) is 30.3 Å². The number of rotatable bonds is 6. The van der Waals surface area contributed by atoms with E-state index in [1.54, 1.807) is 0 Å². The van der Waals surface area contributed by atoms with Gasteiger partial charge in [0.1, 0.15) is 6.61 Å². The van der Waals surface area contributed by atoms with Crippen molar-refractivity contribution in [2.75, 3.05) is 39.4 Å². The van der Waals surface area contributed by atoms with Gasteiger partial charge in [-0.3, -0.25) is 4.79 Å². The van der Waals surface area contributed by atoms with Crippen LogP contribution in [0.2, 0.25) is 0 Å². The van der Waals surface area contributed by atoms with Gasteiger partial charge in [-0.1, -0.05) is 30.3 Å². The normalized spacial score (nSPS) is 21.3. The van der Waals surface area contributed by atoms with Crippen LogP contribution in [0.25, 0.3) is 0 Å². The number of ether oxygens (including phenoxy) is 2. The van der Waals surface area contributed by atoms with Crippen LogP contribution in [-0.2, 0) is 20.9 Å². The molecule has 0 radical (unpaired) electrons. The van der Waals surface area contributed by atoms with Gasteiger partial charge in [-0.25, -0.2) is 0 Å². The van der Waals surface area contributed by atoms with Crippen molar-refractivity contribution in [2.24, 2.45) is 0 Å². The highest BCUT2D eigenvalue weighted by molar-refractivity contribution is 5.78. The SMILES string of the molecule is O=C1COC2(CCN(CCCOCc3ccccc3)CC2)CN1. The van der Waals surface area contributed by atoms with E-state index in [0.29, 0.717) is 13.2 Å². The van der Waals surface area contributed by atoms with Gasteiger partial charge in [-0.2, -0.15) is 0 Å². The van der Waals surface area contributed by atoms with Gasteiger partial charge in [-0.15, -0.1) is 0 Å². The first kappa shape index (κ1) is 16.4. The molecule has 2 aliphatic heterocycles. The van der Waals surface area contributed by atoms with Crippen molar-refractivity contribution in [2.45, 2.75) is 31.5 Å². The van der Waals surface area contributed by atoms with Gasteiger partial charge < -0.3 is 19.7 Å². The topological polar surface area (TPSA) is 50.8 Å². The Labute approximate surface area is 137 Å². The summed E-state index contributed by atoms with van der Waals surface area (Å²) in [4.78, 5) is 13.7. The predicted octanol–water partition coefficient (Wildman–Crippen LogP) is 1.57. The number of carbonyl (C=O) groups is 1. The number of piperidine rings is 1. The van der Waals surface area contributed by atoms with Gasteiger partial charge >= 0.3 is 0 Å². The van der Waals surface area contributed by atoms with Crippen molar-refractivity contribution in [1.29, 1.82) is 0 Å². The van der Waals surface area contributed by atoms with Crippen molar-refractivity contribution in [1.82, 2.24) is 10.2 Å². The van der Waals surface area contributed by atoms with Crippen molar-refractivity contribution >= 4 is 5.91 Å². The van der Waals surface area contributed by atoms with E-state index in [-0.39, 0.29) is 18.1 Å². The highest BCUT2D eigenvalue weighted by Crippen LogP contribution is 2.27. The molecule has 2 fully saturated rings. The summed E-state index contributed by atoms with van der Waals surface area (Å²) < 4.78 is 11.5. The van der Waals surface area contributed by atoms with Gasteiger partial charge in [-0.05, 0) is 24.8 Å². The second-order valence-corrected chi connectivity index (χ2v) is 6.48. The minimum absolute atomic E-state index is 0.00798. The summed E-state index contributed by atoms with van der Waals surface area (Å²) in [7, 11) is 0. The lowest BCUT2D eigenvalue weighted by molar-refractivity contribution is -0.150. The summed E-state index contributed by atoms with van der Waals surface area (Å²) in [6.07, 6.45) is 3.05. The van der Waals surface area contributed by atoms with Crippen LogP contribution in [0.4, 0.5) is 0 Å². The van der Waals surface area contributed by atoms with Crippen LogP contribution in [0.3, 0.4) is 0 Å². The van der Waals surface area contributed by atoms with Gasteiger partial charge in [0.05, 0.1) is 12.2 Å². The Balaban J connectivity index is 1.28. The number of nitrogens with zero attached hydrogens (tertiary/aromatic N) is 1. The summed E-state index contributed by atoms with van der Waals surface area (Å²) in [6, 6.07) is 10.3. The Kier molecular flexibility index (Phi) is 5.65. The molecule has 2 heterocycles. The summed E-state index contributed by atoms with van der Waals surface area (Å²) >= 11 is 0. The molecule has 0 bridgehead atoms. The van der Waals surface area contributed by atoms with Gasteiger partial charge in [0.2, 0.25) is 5.91 Å². The number of amides is 1. The molecule has 1 aromatic carbocycles. The van der Waals surface area contributed by atoms with E-state index in [9.17, 15) is 4.79 Å². The molecule has 0 aliphatic carbocycles. The van der Waals surface area contributed by atoms with Gasteiger partial charge in [0.15, 0.2) is 0 Å². The molecule has 0 aromatic heterocycles. The zero-order valence-corrected chi connectivity index (χ0v) is 13.6. The summed E-state index contributed by atoms with van der Waals surface area (Å²) in [5, 5.41) is 2.93. The highest BCUT2D eigenvalue weighted by Gasteiger charge is 2.38. The van der Waals surface area contributed by atoms with Gasteiger partial charge in [0.25, 0.3) is 0 Å². The van der Waals surface area contributed by atoms with E-state index in [1.165, 1.54) is 5.56 Å². The Bertz CT molecular complexity index is 486. The zero-order valence-electron chi connectivity index (χ0n) is 13.6. The van der Waals surface area contributed by atoms with Crippen molar-refractivity contribution in [3.05, 3.63) is 35.9 Å². The van der Waals surface area contributed by atoms with Crippen LogP contribution < -0.4 is 5.32 Å². The molecule has 0 atom stereocenters. The Morgan fingerprint density at radius 2 is 2.00 bits per heavy atom. The predicted molar refractivity (Wildman–Crippen MR) is 88.1 cm³/mol. The maximum Gasteiger partial charge on any atom is 0.246 e. The molecule has 1 aromatic rings. The molecule has 5 heteroatoms. The molecule has 126 valence electrons. The smallest absolute Gasteiger partial charge is 0.246 e. The number of likely N-dealkylation sites (tertiary alicyclic amines) is 1. The van der Waals surface area contributed by atoms with E-state index in [0.717, 1.165) is 45.5 Å². The lowest BCUT2D eigenvalue weighted by Gasteiger charge is -2.43.